The molecule has 0 aromatic heterocycles. The van der Waals surface area contributed by atoms with Crippen LogP contribution in [0, 0.1) is 34.0 Å². The first-order chi connectivity index (χ1) is 16.0. The van der Waals surface area contributed by atoms with Crippen molar-refractivity contribution in [2.24, 2.45) is 39.5 Å². The van der Waals surface area contributed by atoms with Crippen LogP contribution >= 0.6 is 0 Å². The van der Waals surface area contributed by atoms with E-state index in [4.69, 9.17) is 16.0 Å². The summed E-state index contributed by atoms with van der Waals surface area (Å²) in [4.78, 5) is 5.29. The third kappa shape index (κ3) is 4.62. The SMILES string of the molecule is CC(C=NOCCCNC(=N)N)=C[C@]1(O)CC[C@@]2(C)[C@H](CC[C@@H]3[C@@H]2CC[C@]2(C)CCC[C@]32O)C1. The molecule has 0 unspecified atom stereocenters. The Kier molecular flexibility index (Phi) is 7.09. The largest absolute Gasteiger partial charge is 0.396 e. The van der Waals surface area contributed by atoms with Crippen molar-refractivity contribution in [1.82, 2.24) is 5.32 Å². The van der Waals surface area contributed by atoms with Crippen LogP contribution in [0.4, 0.5) is 0 Å². The number of nitrogens with two attached hydrogens (primary N) is 1. The van der Waals surface area contributed by atoms with Crippen LogP contribution in [-0.4, -0.2) is 46.7 Å². The highest BCUT2D eigenvalue weighted by atomic mass is 16.6. The molecule has 4 rings (SSSR count). The van der Waals surface area contributed by atoms with Crippen molar-refractivity contribution < 1.29 is 15.1 Å². The Morgan fingerprint density at radius 2 is 1.91 bits per heavy atom. The number of fused-ring (bicyclic) bond motifs is 5. The lowest BCUT2D eigenvalue weighted by Gasteiger charge is -2.63. The highest BCUT2D eigenvalue weighted by Gasteiger charge is 2.65. The summed E-state index contributed by atoms with van der Waals surface area (Å²) in [6.45, 7) is 7.79. The Bertz CT molecular complexity index is 831. The Hall–Kier alpha value is -1.60. The molecule has 7 atom stereocenters. The Balaban J connectivity index is 1.35. The van der Waals surface area contributed by atoms with E-state index in [2.05, 4.69) is 24.3 Å². The van der Waals surface area contributed by atoms with Crippen LogP contribution in [-0.2, 0) is 4.84 Å². The summed E-state index contributed by atoms with van der Waals surface area (Å²) in [5, 5.41) is 37.2. The number of oxime groups is 1. The third-order valence-corrected chi connectivity index (χ3v) is 10.3. The molecule has 0 spiro atoms. The van der Waals surface area contributed by atoms with Gasteiger partial charge in [-0.1, -0.05) is 19.0 Å². The molecule has 4 aliphatic rings. The van der Waals surface area contributed by atoms with Gasteiger partial charge in [-0.2, -0.15) is 0 Å². The van der Waals surface area contributed by atoms with E-state index in [1.807, 2.05) is 13.0 Å². The van der Waals surface area contributed by atoms with Gasteiger partial charge in [-0.3, -0.25) is 5.41 Å². The molecular weight excluding hydrogens is 428 g/mol. The molecule has 0 radical (unpaired) electrons. The maximum atomic E-state index is 11.9. The van der Waals surface area contributed by atoms with Gasteiger partial charge in [-0.25, -0.2) is 0 Å². The molecule has 4 saturated carbocycles. The quantitative estimate of drug-likeness (QED) is 0.165. The van der Waals surface area contributed by atoms with Crippen molar-refractivity contribution in [3.8, 4) is 0 Å². The van der Waals surface area contributed by atoms with E-state index < -0.39 is 11.2 Å². The average Bonchev–Trinajstić information content (AvgIpc) is 3.08. The lowest BCUT2D eigenvalue weighted by atomic mass is 9.43. The normalized spacial score (nSPS) is 44.3. The van der Waals surface area contributed by atoms with E-state index in [9.17, 15) is 10.2 Å². The Morgan fingerprint density at radius 1 is 1.12 bits per heavy atom. The predicted octanol–water partition coefficient (Wildman–Crippen LogP) is 4.09. The second-order valence-electron chi connectivity index (χ2n) is 12.3. The predicted molar refractivity (Wildman–Crippen MR) is 135 cm³/mol. The molecule has 6 N–H and O–H groups in total. The fourth-order valence-corrected chi connectivity index (χ4v) is 8.36. The first-order valence-electron chi connectivity index (χ1n) is 13.4. The summed E-state index contributed by atoms with van der Waals surface area (Å²) in [7, 11) is 0. The van der Waals surface area contributed by atoms with Gasteiger partial charge in [0.05, 0.1) is 17.4 Å². The minimum Gasteiger partial charge on any atom is -0.396 e. The first kappa shape index (κ1) is 25.5. The van der Waals surface area contributed by atoms with Crippen molar-refractivity contribution in [3.63, 3.8) is 0 Å². The van der Waals surface area contributed by atoms with Gasteiger partial charge in [-0.15, -0.1) is 0 Å². The standard InChI is InChI=1S/C27H46N4O3/c1-19(18-31-34-15-5-14-30-23(28)29)16-26(32)13-12-25(3)20(17-26)6-7-22-21(25)8-11-24(2)9-4-10-27(22,24)33/h16,18,20-22,32-33H,4-15,17H2,1-3H3,(H4,28,29,30)/t20-,21+,22-,24+,25+,26-,27+/m1/s1. The van der Waals surface area contributed by atoms with Crippen molar-refractivity contribution in [3.05, 3.63) is 11.6 Å². The zero-order valence-corrected chi connectivity index (χ0v) is 21.4. The van der Waals surface area contributed by atoms with E-state index in [0.29, 0.717) is 37.3 Å². The van der Waals surface area contributed by atoms with Gasteiger partial charge < -0.3 is 26.1 Å². The van der Waals surface area contributed by atoms with E-state index in [-0.39, 0.29) is 16.8 Å². The number of hydrogen-bond donors (Lipinski definition) is 5. The van der Waals surface area contributed by atoms with Crippen molar-refractivity contribution >= 4 is 12.2 Å². The lowest BCUT2D eigenvalue weighted by molar-refractivity contribution is -0.206. The Morgan fingerprint density at radius 3 is 2.68 bits per heavy atom. The molecule has 0 bridgehead atoms. The zero-order valence-electron chi connectivity index (χ0n) is 21.4. The molecule has 0 aromatic carbocycles. The summed E-state index contributed by atoms with van der Waals surface area (Å²) < 4.78 is 0. The van der Waals surface area contributed by atoms with Crippen LogP contribution in [0.25, 0.3) is 0 Å². The second kappa shape index (κ2) is 9.45. The molecule has 7 nitrogen and oxygen atoms in total. The van der Waals surface area contributed by atoms with E-state index >= 15 is 0 Å². The monoisotopic (exact) mass is 474 g/mol. The first-order valence-corrected chi connectivity index (χ1v) is 13.4. The van der Waals surface area contributed by atoms with Crippen molar-refractivity contribution in [2.45, 2.75) is 103 Å². The van der Waals surface area contributed by atoms with E-state index in [0.717, 1.165) is 50.5 Å². The van der Waals surface area contributed by atoms with Crippen LogP contribution in [0.1, 0.15) is 91.4 Å². The van der Waals surface area contributed by atoms with E-state index in [1.54, 1.807) is 6.21 Å². The van der Waals surface area contributed by atoms with Crippen LogP contribution < -0.4 is 11.1 Å². The van der Waals surface area contributed by atoms with Gasteiger partial charge in [0.2, 0.25) is 0 Å². The van der Waals surface area contributed by atoms with Gasteiger partial charge in [0.15, 0.2) is 5.96 Å². The maximum Gasteiger partial charge on any atom is 0.185 e. The van der Waals surface area contributed by atoms with Gasteiger partial charge in [0.25, 0.3) is 0 Å². The molecule has 0 heterocycles. The Labute approximate surface area is 205 Å². The van der Waals surface area contributed by atoms with Gasteiger partial charge in [-0.05, 0) is 111 Å². The van der Waals surface area contributed by atoms with Gasteiger partial charge in [0.1, 0.15) is 6.61 Å². The topological polar surface area (TPSA) is 124 Å². The number of guanidine groups is 1. The summed E-state index contributed by atoms with van der Waals surface area (Å²) in [6, 6.07) is 0. The fourth-order valence-electron chi connectivity index (χ4n) is 8.36. The third-order valence-electron chi connectivity index (χ3n) is 10.3. The molecule has 192 valence electrons. The minimum atomic E-state index is -0.800. The molecule has 4 aliphatic carbocycles. The smallest absolute Gasteiger partial charge is 0.185 e. The summed E-state index contributed by atoms with van der Waals surface area (Å²) in [6.07, 6.45) is 14.9. The highest BCUT2D eigenvalue weighted by molar-refractivity contribution is 5.77. The van der Waals surface area contributed by atoms with Crippen LogP contribution in [0.15, 0.2) is 16.8 Å². The number of aliphatic hydroxyl groups is 2. The van der Waals surface area contributed by atoms with Crippen molar-refractivity contribution in [1.29, 1.82) is 5.41 Å². The van der Waals surface area contributed by atoms with Crippen LogP contribution in [0.2, 0.25) is 0 Å². The molecule has 34 heavy (non-hydrogen) atoms. The number of nitrogens with one attached hydrogen (secondary N) is 2. The number of rotatable bonds is 7. The lowest BCUT2D eigenvalue weighted by Crippen LogP contribution is -2.61. The van der Waals surface area contributed by atoms with Gasteiger partial charge in [0, 0.05) is 13.0 Å². The molecule has 0 aromatic rings. The van der Waals surface area contributed by atoms with Crippen LogP contribution in [0.3, 0.4) is 0 Å². The molecule has 4 fully saturated rings. The molecule has 0 aliphatic heterocycles. The highest BCUT2D eigenvalue weighted by Crippen LogP contribution is 2.68. The summed E-state index contributed by atoms with van der Waals surface area (Å²) in [5.74, 6) is 1.45. The zero-order chi connectivity index (χ0) is 24.6. The minimum absolute atomic E-state index is 0.0380. The summed E-state index contributed by atoms with van der Waals surface area (Å²) >= 11 is 0. The number of hydrogen-bond acceptors (Lipinski definition) is 5. The van der Waals surface area contributed by atoms with E-state index in [1.165, 1.54) is 19.3 Å². The average molecular weight is 475 g/mol. The number of allylic oxidation sites excluding steroid dienone is 1. The molecule has 7 heteroatoms. The second-order valence-corrected chi connectivity index (χ2v) is 12.3. The summed E-state index contributed by atoms with van der Waals surface area (Å²) in [5.41, 5.74) is 5.20. The molecule has 0 amide bonds. The molecule has 0 saturated heterocycles. The number of nitrogens with zero attached hydrogens (tertiary/aromatic N) is 1. The van der Waals surface area contributed by atoms with Gasteiger partial charge >= 0.3 is 0 Å². The fraction of sp³-hybridized carbons (Fsp3) is 0.852. The van der Waals surface area contributed by atoms with Crippen molar-refractivity contribution in [2.75, 3.05) is 13.2 Å². The van der Waals surface area contributed by atoms with Crippen LogP contribution in [0.5, 0.6) is 0 Å². The molecular formula is C27H46N4O3. The maximum absolute atomic E-state index is 11.9.